The Hall–Kier alpha value is -1.55. The van der Waals surface area contributed by atoms with E-state index in [4.69, 9.17) is 4.74 Å². The molecule has 4 heteroatoms. The van der Waals surface area contributed by atoms with Gasteiger partial charge in [0.05, 0.1) is 6.61 Å². The summed E-state index contributed by atoms with van der Waals surface area (Å²) >= 11 is 0. The normalized spacial score (nSPS) is 17.4. The number of rotatable bonds is 6. The van der Waals surface area contributed by atoms with Gasteiger partial charge < -0.3 is 15.2 Å². The van der Waals surface area contributed by atoms with E-state index in [1.165, 1.54) is 0 Å². The molecule has 1 aromatic rings. The van der Waals surface area contributed by atoms with Crippen LogP contribution in [-0.2, 0) is 4.79 Å². The van der Waals surface area contributed by atoms with Crippen molar-refractivity contribution in [1.82, 2.24) is 5.32 Å². The van der Waals surface area contributed by atoms with E-state index < -0.39 is 0 Å². The summed E-state index contributed by atoms with van der Waals surface area (Å²) < 4.78 is 5.53. The van der Waals surface area contributed by atoms with Crippen molar-refractivity contribution in [3.63, 3.8) is 0 Å². The van der Waals surface area contributed by atoms with Gasteiger partial charge in [-0.25, -0.2) is 0 Å². The highest BCUT2D eigenvalue weighted by atomic mass is 16.5. The molecule has 4 nitrogen and oxygen atoms in total. The van der Waals surface area contributed by atoms with Crippen LogP contribution in [0.15, 0.2) is 24.3 Å². The molecule has 1 aromatic carbocycles. The Balaban J connectivity index is 2.00. The number of hydrogen-bond acceptors (Lipinski definition) is 3. The van der Waals surface area contributed by atoms with Gasteiger partial charge in [0.15, 0.2) is 0 Å². The summed E-state index contributed by atoms with van der Waals surface area (Å²) in [5.41, 5.74) is 0.738. The van der Waals surface area contributed by atoms with Gasteiger partial charge in [-0.3, -0.25) is 4.79 Å². The molecule has 1 heterocycles. The zero-order valence-electron chi connectivity index (χ0n) is 12.2. The van der Waals surface area contributed by atoms with Crippen LogP contribution in [0.2, 0.25) is 0 Å². The van der Waals surface area contributed by atoms with Crippen LogP contribution in [-0.4, -0.2) is 30.8 Å². The fourth-order valence-electron chi connectivity index (χ4n) is 2.56. The van der Waals surface area contributed by atoms with Crippen molar-refractivity contribution in [3.05, 3.63) is 29.8 Å². The number of aliphatic hydroxyl groups excluding tert-OH is 1. The first kappa shape index (κ1) is 14.9. The lowest BCUT2D eigenvalue weighted by atomic mass is 9.83. The molecule has 1 unspecified atom stereocenters. The largest absolute Gasteiger partial charge is 0.492 e. The molecule has 0 aromatic heterocycles. The van der Waals surface area contributed by atoms with Gasteiger partial charge in [-0.1, -0.05) is 32.0 Å². The van der Waals surface area contributed by atoms with Crippen LogP contribution in [0, 0.1) is 5.41 Å². The number of benzene rings is 1. The first-order valence-corrected chi connectivity index (χ1v) is 7.26. The van der Waals surface area contributed by atoms with E-state index in [0.717, 1.165) is 24.2 Å². The number of ether oxygens (including phenoxy) is 1. The van der Waals surface area contributed by atoms with E-state index in [1.807, 2.05) is 38.1 Å². The minimum atomic E-state index is -0.240. The number of aliphatic hydroxyl groups is 1. The minimum absolute atomic E-state index is 0.0188. The van der Waals surface area contributed by atoms with E-state index in [9.17, 15) is 9.90 Å². The summed E-state index contributed by atoms with van der Waals surface area (Å²) in [5.74, 6) is 0.540. The molecule has 2 N–H and O–H groups in total. The fourth-order valence-corrected chi connectivity index (χ4v) is 2.56. The molecule has 1 aliphatic heterocycles. The van der Waals surface area contributed by atoms with Crippen LogP contribution >= 0.6 is 0 Å². The molecule has 0 aliphatic carbocycles. The van der Waals surface area contributed by atoms with Crippen molar-refractivity contribution in [2.24, 2.45) is 5.41 Å². The zero-order chi connectivity index (χ0) is 14.6. The molecule has 110 valence electrons. The molecule has 20 heavy (non-hydrogen) atoms. The Morgan fingerprint density at radius 3 is 2.75 bits per heavy atom. The van der Waals surface area contributed by atoms with E-state index in [1.54, 1.807) is 0 Å². The number of carbonyl (C=O) groups excluding carboxylic acids is 1. The van der Waals surface area contributed by atoms with Crippen LogP contribution in [0.5, 0.6) is 5.75 Å². The third-order valence-corrected chi connectivity index (χ3v) is 4.49. The predicted molar refractivity (Wildman–Crippen MR) is 77.8 cm³/mol. The standard InChI is InChI=1S/C16H23NO3/c1-3-16(4-2,11-18)10-17-15(19)13-9-20-14-8-6-5-7-12(13)14/h5-8,13,18H,3-4,9-11H2,1-2H3,(H,17,19). The van der Waals surface area contributed by atoms with Crippen LogP contribution in [0.4, 0.5) is 0 Å². The molecular formula is C16H23NO3. The average molecular weight is 277 g/mol. The monoisotopic (exact) mass is 277 g/mol. The molecule has 0 saturated carbocycles. The molecule has 2 rings (SSSR count). The third kappa shape index (κ3) is 2.80. The van der Waals surface area contributed by atoms with E-state index in [-0.39, 0.29) is 23.8 Å². The molecule has 0 radical (unpaired) electrons. The number of hydrogen-bond donors (Lipinski definition) is 2. The lowest BCUT2D eigenvalue weighted by Crippen LogP contribution is -2.41. The van der Waals surface area contributed by atoms with Crippen LogP contribution < -0.4 is 10.1 Å². The smallest absolute Gasteiger partial charge is 0.231 e. The minimum Gasteiger partial charge on any atom is -0.492 e. The van der Waals surface area contributed by atoms with Crippen molar-refractivity contribution in [2.45, 2.75) is 32.6 Å². The number of nitrogens with one attached hydrogen (secondary N) is 1. The van der Waals surface area contributed by atoms with Gasteiger partial charge in [-0.15, -0.1) is 0 Å². The summed E-state index contributed by atoms with van der Waals surface area (Å²) in [5, 5.41) is 12.5. The summed E-state index contributed by atoms with van der Waals surface area (Å²) in [6.07, 6.45) is 1.69. The Kier molecular flexibility index (Phi) is 4.65. The van der Waals surface area contributed by atoms with Crippen molar-refractivity contribution >= 4 is 5.91 Å². The first-order valence-electron chi connectivity index (χ1n) is 7.26. The van der Waals surface area contributed by atoms with Gasteiger partial charge in [0.2, 0.25) is 5.91 Å². The van der Waals surface area contributed by atoms with Gasteiger partial charge >= 0.3 is 0 Å². The molecule has 0 spiro atoms. The van der Waals surface area contributed by atoms with Crippen molar-refractivity contribution in [2.75, 3.05) is 19.8 Å². The highest BCUT2D eigenvalue weighted by Crippen LogP contribution is 2.33. The van der Waals surface area contributed by atoms with E-state index >= 15 is 0 Å². The lowest BCUT2D eigenvalue weighted by molar-refractivity contribution is -0.123. The highest BCUT2D eigenvalue weighted by molar-refractivity contribution is 5.85. The number of fused-ring (bicyclic) bond motifs is 1. The maximum Gasteiger partial charge on any atom is 0.231 e. The molecule has 1 aliphatic rings. The second kappa shape index (κ2) is 6.27. The van der Waals surface area contributed by atoms with Gasteiger partial charge in [-0.05, 0) is 18.9 Å². The van der Waals surface area contributed by atoms with Crippen LogP contribution in [0.25, 0.3) is 0 Å². The van der Waals surface area contributed by atoms with Gasteiger partial charge in [0, 0.05) is 17.5 Å². The van der Waals surface area contributed by atoms with Crippen LogP contribution in [0.3, 0.4) is 0 Å². The molecule has 0 fully saturated rings. The van der Waals surface area contributed by atoms with Crippen molar-refractivity contribution in [1.29, 1.82) is 0 Å². The zero-order valence-corrected chi connectivity index (χ0v) is 12.2. The quantitative estimate of drug-likeness (QED) is 0.837. The fraction of sp³-hybridized carbons (Fsp3) is 0.562. The molecule has 1 amide bonds. The second-order valence-electron chi connectivity index (χ2n) is 5.48. The Labute approximate surface area is 120 Å². The SMILES string of the molecule is CCC(CC)(CO)CNC(=O)C1COc2ccccc21. The number of carbonyl (C=O) groups is 1. The molecular weight excluding hydrogens is 254 g/mol. The molecule has 1 atom stereocenters. The average Bonchev–Trinajstić information content (AvgIpc) is 2.93. The van der Waals surface area contributed by atoms with Crippen molar-refractivity contribution in [3.8, 4) is 5.75 Å². The Bertz CT molecular complexity index is 460. The number of para-hydroxylation sites is 1. The predicted octanol–water partition coefficient (Wildman–Crippen LogP) is 2.08. The molecule has 0 saturated heterocycles. The topological polar surface area (TPSA) is 58.6 Å². The molecule has 0 bridgehead atoms. The van der Waals surface area contributed by atoms with Crippen LogP contribution in [0.1, 0.15) is 38.2 Å². The maximum atomic E-state index is 12.3. The lowest BCUT2D eigenvalue weighted by Gasteiger charge is -2.30. The maximum absolute atomic E-state index is 12.3. The second-order valence-corrected chi connectivity index (χ2v) is 5.48. The van der Waals surface area contributed by atoms with Gasteiger partial charge in [0.1, 0.15) is 18.3 Å². The highest BCUT2D eigenvalue weighted by Gasteiger charge is 2.32. The van der Waals surface area contributed by atoms with Crippen molar-refractivity contribution < 1.29 is 14.6 Å². The van der Waals surface area contributed by atoms with E-state index in [0.29, 0.717) is 13.2 Å². The van der Waals surface area contributed by atoms with Gasteiger partial charge in [0.25, 0.3) is 0 Å². The number of amides is 1. The van der Waals surface area contributed by atoms with E-state index in [2.05, 4.69) is 5.32 Å². The Morgan fingerprint density at radius 1 is 1.40 bits per heavy atom. The first-order chi connectivity index (χ1) is 9.65. The van der Waals surface area contributed by atoms with Gasteiger partial charge in [-0.2, -0.15) is 0 Å². The summed E-state index contributed by atoms with van der Waals surface area (Å²) in [4.78, 5) is 12.3. The summed E-state index contributed by atoms with van der Waals surface area (Å²) in [6, 6.07) is 7.65. The third-order valence-electron chi connectivity index (χ3n) is 4.49. The Morgan fingerprint density at radius 2 is 2.10 bits per heavy atom. The summed E-state index contributed by atoms with van der Waals surface area (Å²) in [6.45, 7) is 5.08. The summed E-state index contributed by atoms with van der Waals surface area (Å²) in [7, 11) is 0.